The van der Waals surface area contributed by atoms with E-state index in [0.29, 0.717) is 0 Å². The van der Waals surface area contributed by atoms with Crippen LogP contribution in [0.4, 0.5) is 0 Å². The predicted octanol–water partition coefficient (Wildman–Crippen LogP) is 37.6. The molecule has 134 heavy (non-hydrogen) atoms. The first-order chi connectivity index (χ1) is 66.6. The van der Waals surface area contributed by atoms with Gasteiger partial charge in [0.25, 0.3) is 0 Å². The van der Waals surface area contributed by atoms with Crippen LogP contribution in [0, 0.1) is 0 Å². The summed E-state index contributed by atoms with van der Waals surface area (Å²) in [6.45, 7) is 0. The summed E-state index contributed by atoms with van der Waals surface area (Å²) in [6, 6.07) is 198. The fourth-order valence-corrected chi connectivity index (χ4v) is 20.8. The molecule has 0 N–H and O–H groups in total. The van der Waals surface area contributed by atoms with Gasteiger partial charge in [-0.05, 0) is 266 Å². The molecule has 0 saturated carbocycles. The summed E-state index contributed by atoms with van der Waals surface area (Å²) in [4.78, 5) is 0. The Bertz CT molecular complexity index is 8480. The van der Waals surface area contributed by atoms with Crippen molar-refractivity contribution in [2.24, 2.45) is 0 Å². The van der Waals surface area contributed by atoms with E-state index in [2.05, 4.69) is 546 Å². The molecule has 0 fully saturated rings. The van der Waals surface area contributed by atoms with Gasteiger partial charge in [0.05, 0.1) is 0 Å². The molecule has 0 aliphatic rings. The van der Waals surface area contributed by atoms with Crippen LogP contribution in [0.5, 0.6) is 0 Å². The van der Waals surface area contributed by atoms with E-state index in [1.165, 1.54) is 242 Å². The van der Waals surface area contributed by atoms with Gasteiger partial charge in [-0.3, -0.25) is 0 Å². The van der Waals surface area contributed by atoms with E-state index < -0.39 is 0 Å². The van der Waals surface area contributed by atoms with E-state index in [9.17, 15) is 0 Å². The summed E-state index contributed by atoms with van der Waals surface area (Å²) < 4.78 is 0. The zero-order valence-electron chi connectivity index (χ0n) is 74.0. The van der Waals surface area contributed by atoms with Gasteiger partial charge in [0, 0.05) is 0 Å². The molecule has 626 valence electrons. The van der Waals surface area contributed by atoms with Gasteiger partial charge in [0.15, 0.2) is 0 Å². The summed E-state index contributed by atoms with van der Waals surface area (Å²) in [5, 5.41) is 20.2. The first-order valence-electron chi connectivity index (χ1n) is 46.3. The molecule has 25 aromatic carbocycles. The summed E-state index contributed by atoms with van der Waals surface area (Å²) in [7, 11) is 0. The van der Waals surface area contributed by atoms with Crippen LogP contribution in [0.1, 0.15) is 0 Å². The SMILES string of the molecule is c1ccc(-c2ccc(-c3c4ccccc4c(-c4ccccc4-c4ccccc4)c4ccccc34)c(-c3ccccc3)c2)cc1.c1ccc(-c2ccccc2-c2c3ccccc3c(-c3ccc(-c4ccc5cc6ccccc6cc5c4)cc3)c3ccccc23)cc1.c1ccc(-c2ccccc2-c2c3ccccc3c(-c3cccc(-c4ccccc4)c3-c3ccccc3)c3ccccc23)cc1. The molecule has 0 aliphatic heterocycles. The van der Waals surface area contributed by atoms with E-state index >= 15 is 0 Å². The number of hydrogen-bond donors (Lipinski definition) is 0. The van der Waals surface area contributed by atoms with Crippen molar-refractivity contribution in [2.45, 2.75) is 0 Å². The van der Waals surface area contributed by atoms with Crippen LogP contribution in [0.15, 0.2) is 546 Å². The highest BCUT2D eigenvalue weighted by Crippen LogP contribution is 2.54. The van der Waals surface area contributed by atoms with Gasteiger partial charge in [-0.15, -0.1) is 0 Å². The van der Waals surface area contributed by atoms with Crippen molar-refractivity contribution >= 4 is 86.2 Å². The Labute approximate surface area is 782 Å². The van der Waals surface area contributed by atoms with Crippen LogP contribution < -0.4 is 0 Å². The molecule has 0 nitrogen and oxygen atoms in total. The van der Waals surface area contributed by atoms with Crippen molar-refractivity contribution in [2.75, 3.05) is 0 Å². The molecule has 0 heterocycles. The number of fused-ring (bicyclic) bond motifs is 8. The minimum absolute atomic E-state index is 1.21. The third kappa shape index (κ3) is 15.3. The Hall–Kier alpha value is -17.4. The second-order valence-corrected chi connectivity index (χ2v) is 34.5. The Morgan fingerprint density at radius 1 is 0.0746 bits per heavy atom. The van der Waals surface area contributed by atoms with Gasteiger partial charge in [0.2, 0.25) is 0 Å². The van der Waals surface area contributed by atoms with Crippen LogP contribution in [-0.4, -0.2) is 0 Å². The maximum Gasteiger partial charge on any atom is -0.00199 e. The molecular weight excluding hydrogens is 1610 g/mol. The van der Waals surface area contributed by atoms with Gasteiger partial charge < -0.3 is 0 Å². The molecule has 0 aromatic heterocycles. The average Bonchev–Trinajstić information content (AvgIpc) is 0.739. The lowest BCUT2D eigenvalue weighted by Gasteiger charge is -2.22. The van der Waals surface area contributed by atoms with E-state index in [1.54, 1.807) is 0 Å². The number of benzene rings is 25. The Morgan fingerprint density at radius 2 is 0.284 bits per heavy atom. The topological polar surface area (TPSA) is 0 Å². The number of hydrogen-bond acceptors (Lipinski definition) is 0. The molecule has 0 unspecified atom stereocenters. The molecular formula is C134H90. The first kappa shape index (κ1) is 81.1. The molecule has 0 bridgehead atoms. The quantitative estimate of drug-likeness (QED) is 0.0952. The summed E-state index contributed by atoms with van der Waals surface area (Å²) in [5.74, 6) is 0. The lowest BCUT2D eigenvalue weighted by molar-refractivity contribution is 1.57. The molecule has 25 aromatic rings. The molecule has 0 spiro atoms. The first-order valence-corrected chi connectivity index (χ1v) is 46.3. The van der Waals surface area contributed by atoms with Gasteiger partial charge in [0.1, 0.15) is 0 Å². The average molecular weight is 1700 g/mol. The maximum atomic E-state index is 2.36. The van der Waals surface area contributed by atoms with Crippen molar-refractivity contribution in [3.8, 4) is 156 Å². The molecule has 0 radical (unpaired) electrons. The zero-order chi connectivity index (χ0) is 89.0. The van der Waals surface area contributed by atoms with Crippen molar-refractivity contribution in [1.29, 1.82) is 0 Å². The summed E-state index contributed by atoms with van der Waals surface area (Å²) in [5.41, 5.74) is 34.8. The van der Waals surface area contributed by atoms with Crippen LogP contribution in [0.3, 0.4) is 0 Å². The Balaban J connectivity index is 0.000000114. The molecule has 25 rings (SSSR count). The molecule has 0 aliphatic carbocycles. The smallest absolute Gasteiger partial charge is 0.00199 e. The van der Waals surface area contributed by atoms with Gasteiger partial charge in [-0.2, -0.15) is 0 Å². The van der Waals surface area contributed by atoms with E-state index in [-0.39, 0.29) is 0 Å². The van der Waals surface area contributed by atoms with Crippen molar-refractivity contribution in [3.05, 3.63) is 546 Å². The monoisotopic (exact) mass is 1700 g/mol. The lowest BCUT2D eigenvalue weighted by Crippen LogP contribution is -1.95. The molecule has 0 atom stereocenters. The highest BCUT2D eigenvalue weighted by atomic mass is 14.3. The van der Waals surface area contributed by atoms with Gasteiger partial charge in [-0.1, -0.05) is 522 Å². The van der Waals surface area contributed by atoms with Gasteiger partial charge >= 0.3 is 0 Å². The molecule has 0 amide bonds. The highest BCUT2D eigenvalue weighted by molar-refractivity contribution is 6.27. The van der Waals surface area contributed by atoms with E-state index in [4.69, 9.17) is 0 Å². The highest BCUT2D eigenvalue weighted by Gasteiger charge is 2.26. The predicted molar refractivity (Wildman–Crippen MR) is 575 cm³/mol. The molecule has 0 saturated heterocycles. The fourth-order valence-electron chi connectivity index (χ4n) is 20.8. The summed E-state index contributed by atoms with van der Waals surface area (Å²) in [6.07, 6.45) is 0. The fraction of sp³-hybridized carbons (Fsp3) is 0. The Kier molecular flexibility index (Phi) is 21.9. The second kappa shape index (κ2) is 36.3. The molecule has 0 heteroatoms. The van der Waals surface area contributed by atoms with E-state index in [1.807, 2.05) is 0 Å². The minimum Gasteiger partial charge on any atom is -0.0622 e. The summed E-state index contributed by atoms with van der Waals surface area (Å²) >= 11 is 0. The largest absolute Gasteiger partial charge is 0.0622 e. The van der Waals surface area contributed by atoms with Crippen molar-refractivity contribution in [1.82, 2.24) is 0 Å². The normalized spacial score (nSPS) is 11.3. The lowest BCUT2D eigenvalue weighted by atomic mass is 9.81. The van der Waals surface area contributed by atoms with E-state index in [0.717, 1.165) is 0 Å². The third-order valence-corrected chi connectivity index (χ3v) is 26.8. The van der Waals surface area contributed by atoms with Gasteiger partial charge in [-0.25, -0.2) is 0 Å². The van der Waals surface area contributed by atoms with Crippen molar-refractivity contribution in [3.63, 3.8) is 0 Å². The second-order valence-electron chi connectivity index (χ2n) is 34.5. The van der Waals surface area contributed by atoms with Crippen LogP contribution in [-0.2, 0) is 0 Å². The number of rotatable bonds is 14. The van der Waals surface area contributed by atoms with Crippen LogP contribution in [0.2, 0.25) is 0 Å². The zero-order valence-corrected chi connectivity index (χ0v) is 74.0. The standard InChI is InChI=1S/C46H30.2C44H30/c1-2-12-32(13-3-1)39-16-6-7-17-40(39)46-43-20-10-8-18-41(43)45(42-19-9-11-21-44(42)46)33-24-22-31(23-25-33)36-26-27-37-28-34-14-4-5-15-35(34)29-38(37)30-36;1-4-17-31(18-5-1)34-23-10-11-24-36(34)43-37-25-12-14-27-39(37)44(40-28-15-13-26-38(40)43)41-30-16-29-35(32-19-6-2-7-20-32)42(41)33-21-8-3-9-22-33;1-4-16-31(17-5-1)34-28-29-41(42(30-34)33-20-8-3-9-21-33)44-39-26-14-12-24-37(39)43(38-25-13-15-27-40(38)44)36-23-11-10-22-35(36)32-18-6-2-7-19-32/h1-30H;2*1-30H. The third-order valence-electron chi connectivity index (χ3n) is 26.8. The van der Waals surface area contributed by atoms with Crippen LogP contribution in [0.25, 0.3) is 242 Å². The maximum absolute atomic E-state index is 2.36. The minimum atomic E-state index is 1.21. The van der Waals surface area contributed by atoms with Crippen LogP contribution >= 0.6 is 0 Å². The van der Waals surface area contributed by atoms with Crippen molar-refractivity contribution < 1.29 is 0 Å². The Morgan fingerprint density at radius 3 is 0.649 bits per heavy atom.